The molecule has 134 valence electrons. The van der Waals surface area contributed by atoms with E-state index in [-0.39, 0.29) is 5.91 Å². The van der Waals surface area contributed by atoms with Crippen molar-refractivity contribution in [1.29, 1.82) is 0 Å². The van der Waals surface area contributed by atoms with Crippen molar-refractivity contribution in [2.75, 3.05) is 37.6 Å². The van der Waals surface area contributed by atoms with Crippen LogP contribution in [0.3, 0.4) is 0 Å². The number of carbonyl (C=O) groups is 1. The molecule has 1 aliphatic heterocycles. The molecule has 1 amide bonds. The number of piperazine rings is 1. The number of rotatable bonds is 6. The lowest BCUT2D eigenvalue weighted by atomic mass is 10.2. The monoisotopic (exact) mass is 359 g/mol. The molecule has 0 saturated carbocycles. The summed E-state index contributed by atoms with van der Waals surface area (Å²) in [6.45, 7) is 7.17. The minimum Gasteiger partial charge on any atom is -0.369 e. The highest BCUT2D eigenvalue weighted by Gasteiger charge is 2.22. The summed E-state index contributed by atoms with van der Waals surface area (Å²) in [5.74, 6) is -0.120. The van der Waals surface area contributed by atoms with Gasteiger partial charge in [0.2, 0.25) is 0 Å². The van der Waals surface area contributed by atoms with Gasteiger partial charge in [0.1, 0.15) is 10.7 Å². The van der Waals surface area contributed by atoms with Crippen molar-refractivity contribution in [3.63, 3.8) is 0 Å². The molecule has 3 rings (SSSR count). The number of hydrogen-bond donors (Lipinski definition) is 2. The maximum Gasteiger partial charge on any atom is 0.270 e. The Morgan fingerprint density at radius 3 is 2.64 bits per heavy atom. The maximum absolute atomic E-state index is 12.2. The Morgan fingerprint density at radius 2 is 2.00 bits per heavy atom. The van der Waals surface area contributed by atoms with Crippen LogP contribution in [0.25, 0.3) is 0 Å². The summed E-state index contributed by atoms with van der Waals surface area (Å²) in [6, 6.07) is 10.8. The molecule has 25 heavy (non-hydrogen) atoms. The maximum atomic E-state index is 12.2. The van der Waals surface area contributed by atoms with Crippen LogP contribution in [0.15, 0.2) is 35.7 Å². The molecule has 2 aromatic rings. The van der Waals surface area contributed by atoms with E-state index in [4.69, 9.17) is 5.73 Å². The number of nitrogens with two attached hydrogens (primary N) is 1. The molecule has 0 bridgehead atoms. The zero-order valence-corrected chi connectivity index (χ0v) is 15.3. The topological polar surface area (TPSA) is 74.5 Å². The molecule has 1 aliphatic rings. The molecule has 1 atom stereocenters. The van der Waals surface area contributed by atoms with E-state index in [1.54, 1.807) is 5.38 Å². The van der Waals surface area contributed by atoms with Crippen LogP contribution in [-0.2, 0) is 6.54 Å². The fourth-order valence-electron chi connectivity index (χ4n) is 3.03. The number of thiazole rings is 1. The minimum absolute atomic E-state index is 0.120. The normalized spacial score (nSPS) is 16.6. The zero-order valence-electron chi connectivity index (χ0n) is 14.5. The molecule has 1 unspecified atom stereocenters. The average molecular weight is 359 g/mol. The summed E-state index contributed by atoms with van der Waals surface area (Å²) in [5, 5.41) is 5.54. The zero-order chi connectivity index (χ0) is 17.6. The number of amides is 1. The van der Waals surface area contributed by atoms with E-state index in [9.17, 15) is 4.79 Å². The summed E-state index contributed by atoms with van der Waals surface area (Å²) in [6.07, 6.45) is 0. The van der Waals surface area contributed by atoms with Crippen molar-refractivity contribution in [3.8, 4) is 0 Å². The van der Waals surface area contributed by atoms with Gasteiger partial charge in [-0.15, -0.1) is 11.3 Å². The summed E-state index contributed by atoms with van der Waals surface area (Å²) < 4.78 is 0. The molecule has 0 spiro atoms. The van der Waals surface area contributed by atoms with Gasteiger partial charge in [-0.25, -0.2) is 4.98 Å². The van der Waals surface area contributed by atoms with Crippen LogP contribution in [0.2, 0.25) is 0 Å². The standard InChI is InChI=1S/C18H25N5OS/c1-14(12-20-18(24)16-13-25-17(11-19)21-16)22-7-9-23(10-8-22)15-5-3-2-4-6-15/h2-6,13-14H,7-12,19H2,1H3,(H,20,24). The Morgan fingerprint density at radius 1 is 1.28 bits per heavy atom. The quantitative estimate of drug-likeness (QED) is 0.818. The first kappa shape index (κ1) is 17.8. The van der Waals surface area contributed by atoms with Gasteiger partial charge < -0.3 is 16.0 Å². The fourth-order valence-corrected chi connectivity index (χ4v) is 3.68. The third-order valence-electron chi connectivity index (χ3n) is 4.58. The van der Waals surface area contributed by atoms with Crippen LogP contribution in [0.4, 0.5) is 5.69 Å². The van der Waals surface area contributed by atoms with Crippen molar-refractivity contribution >= 4 is 22.9 Å². The lowest BCUT2D eigenvalue weighted by Crippen LogP contribution is -2.52. The lowest BCUT2D eigenvalue weighted by molar-refractivity contribution is 0.0930. The highest BCUT2D eigenvalue weighted by molar-refractivity contribution is 7.09. The molecule has 7 heteroatoms. The van der Waals surface area contributed by atoms with E-state index in [2.05, 4.69) is 51.3 Å². The highest BCUT2D eigenvalue weighted by Crippen LogP contribution is 2.16. The van der Waals surface area contributed by atoms with E-state index in [1.807, 2.05) is 6.07 Å². The van der Waals surface area contributed by atoms with E-state index in [0.29, 0.717) is 24.8 Å². The van der Waals surface area contributed by atoms with Crippen LogP contribution in [0, 0.1) is 0 Å². The number of aromatic nitrogens is 1. The van der Waals surface area contributed by atoms with Gasteiger partial charge in [-0.05, 0) is 19.1 Å². The molecule has 2 heterocycles. The van der Waals surface area contributed by atoms with Crippen molar-refractivity contribution in [2.24, 2.45) is 5.73 Å². The molecular weight excluding hydrogens is 334 g/mol. The predicted octanol–water partition coefficient (Wildman–Crippen LogP) is 1.54. The number of hydrogen-bond acceptors (Lipinski definition) is 6. The molecule has 3 N–H and O–H groups in total. The lowest BCUT2D eigenvalue weighted by Gasteiger charge is -2.39. The smallest absolute Gasteiger partial charge is 0.270 e. The van der Waals surface area contributed by atoms with Crippen molar-refractivity contribution in [2.45, 2.75) is 19.5 Å². The van der Waals surface area contributed by atoms with Crippen LogP contribution in [0.1, 0.15) is 22.4 Å². The molecule has 1 fully saturated rings. The molecule has 1 saturated heterocycles. The van der Waals surface area contributed by atoms with Crippen LogP contribution < -0.4 is 16.0 Å². The number of nitrogens with one attached hydrogen (secondary N) is 1. The predicted molar refractivity (Wildman–Crippen MR) is 102 cm³/mol. The fraction of sp³-hybridized carbons (Fsp3) is 0.444. The number of carbonyl (C=O) groups excluding carboxylic acids is 1. The van der Waals surface area contributed by atoms with E-state index in [1.165, 1.54) is 17.0 Å². The minimum atomic E-state index is -0.120. The van der Waals surface area contributed by atoms with Crippen molar-refractivity contribution in [3.05, 3.63) is 46.4 Å². The number of anilines is 1. The van der Waals surface area contributed by atoms with Crippen molar-refractivity contribution in [1.82, 2.24) is 15.2 Å². The first-order valence-electron chi connectivity index (χ1n) is 8.64. The molecule has 6 nitrogen and oxygen atoms in total. The summed E-state index contributed by atoms with van der Waals surface area (Å²) in [4.78, 5) is 21.2. The molecule has 0 radical (unpaired) electrons. The Bertz CT molecular complexity index is 682. The first-order chi connectivity index (χ1) is 12.2. The van der Waals surface area contributed by atoms with Gasteiger partial charge in [-0.1, -0.05) is 18.2 Å². The van der Waals surface area contributed by atoms with Gasteiger partial charge in [0, 0.05) is 56.4 Å². The Kier molecular flexibility index (Phi) is 6.01. The van der Waals surface area contributed by atoms with E-state index < -0.39 is 0 Å². The highest BCUT2D eigenvalue weighted by atomic mass is 32.1. The number of para-hydroxylation sites is 1. The average Bonchev–Trinajstić information content (AvgIpc) is 3.16. The second kappa shape index (κ2) is 8.42. The second-order valence-electron chi connectivity index (χ2n) is 6.25. The van der Waals surface area contributed by atoms with E-state index >= 15 is 0 Å². The Balaban J connectivity index is 1.45. The summed E-state index contributed by atoms with van der Waals surface area (Å²) >= 11 is 1.43. The van der Waals surface area contributed by atoms with Gasteiger partial charge >= 0.3 is 0 Å². The van der Waals surface area contributed by atoms with Gasteiger partial charge in [0.15, 0.2) is 0 Å². The van der Waals surface area contributed by atoms with Gasteiger partial charge in [-0.3, -0.25) is 9.69 Å². The summed E-state index contributed by atoms with van der Waals surface area (Å²) in [5.41, 5.74) is 7.29. The van der Waals surface area contributed by atoms with Gasteiger partial charge in [0.05, 0.1) is 0 Å². The largest absolute Gasteiger partial charge is 0.369 e. The van der Waals surface area contributed by atoms with E-state index in [0.717, 1.165) is 31.2 Å². The molecule has 1 aromatic carbocycles. The molecule has 0 aliphatic carbocycles. The van der Waals surface area contributed by atoms with Gasteiger partial charge in [0.25, 0.3) is 5.91 Å². The number of nitrogens with zero attached hydrogens (tertiary/aromatic N) is 3. The third kappa shape index (κ3) is 4.56. The van der Waals surface area contributed by atoms with Gasteiger partial charge in [-0.2, -0.15) is 0 Å². The van der Waals surface area contributed by atoms with Crippen molar-refractivity contribution < 1.29 is 4.79 Å². The number of benzene rings is 1. The SMILES string of the molecule is CC(CNC(=O)c1csc(CN)n1)N1CCN(c2ccccc2)CC1. The second-order valence-corrected chi connectivity index (χ2v) is 7.19. The molecule has 1 aromatic heterocycles. The summed E-state index contributed by atoms with van der Waals surface area (Å²) in [7, 11) is 0. The molecular formula is C18H25N5OS. The third-order valence-corrected chi connectivity index (χ3v) is 5.45. The van der Waals surface area contributed by atoms with Crippen LogP contribution in [-0.4, -0.2) is 54.6 Å². The van der Waals surface area contributed by atoms with Crippen LogP contribution >= 0.6 is 11.3 Å². The van der Waals surface area contributed by atoms with Crippen LogP contribution in [0.5, 0.6) is 0 Å². The Labute approximate surface area is 152 Å². The first-order valence-corrected chi connectivity index (χ1v) is 9.52. The Hall–Kier alpha value is -1.96.